The molecule has 0 spiro atoms. The van der Waals surface area contributed by atoms with Crippen molar-refractivity contribution in [2.24, 2.45) is 0 Å². The summed E-state index contributed by atoms with van der Waals surface area (Å²) < 4.78 is 5.53. The van der Waals surface area contributed by atoms with Crippen LogP contribution in [-0.2, 0) is 20.7 Å². The lowest BCUT2D eigenvalue weighted by atomic mass is 10.0. The summed E-state index contributed by atoms with van der Waals surface area (Å²) in [5.41, 5.74) is 3.12. The fourth-order valence-corrected chi connectivity index (χ4v) is 2.38. The van der Waals surface area contributed by atoms with Gasteiger partial charge in [0.15, 0.2) is 0 Å². The summed E-state index contributed by atoms with van der Waals surface area (Å²) in [5.74, 6) is -1.29. The Morgan fingerprint density at radius 1 is 1.25 bits per heavy atom. The third-order valence-corrected chi connectivity index (χ3v) is 3.69. The smallest absolute Gasteiger partial charge is 0.326 e. The Labute approximate surface area is 144 Å². The number of carbonyl (C=O) groups excluding carboxylic acids is 1. The molecule has 1 aromatic carbocycles. The number of ether oxygens (including phenoxy) is 1. The van der Waals surface area contributed by atoms with E-state index in [2.05, 4.69) is 11.4 Å². The number of aryl methyl sites for hydroxylation is 3. The minimum Gasteiger partial charge on any atom is -0.480 e. The molecule has 0 aliphatic heterocycles. The highest BCUT2D eigenvalue weighted by Gasteiger charge is 2.21. The zero-order chi connectivity index (χ0) is 18.3. The molecule has 2 N–H and O–H groups in total. The molecule has 0 aromatic heterocycles. The molecule has 1 rings (SSSR count). The zero-order valence-corrected chi connectivity index (χ0v) is 15.3. The van der Waals surface area contributed by atoms with E-state index in [1.165, 1.54) is 5.56 Å². The predicted octanol–water partition coefficient (Wildman–Crippen LogP) is 3.01. The first-order chi connectivity index (χ1) is 11.1. The van der Waals surface area contributed by atoms with Gasteiger partial charge in [-0.3, -0.25) is 4.79 Å². The molecule has 1 amide bonds. The van der Waals surface area contributed by atoms with Crippen molar-refractivity contribution >= 4 is 11.9 Å². The van der Waals surface area contributed by atoms with E-state index in [1.54, 1.807) is 0 Å². The van der Waals surface area contributed by atoms with Gasteiger partial charge in [-0.2, -0.15) is 0 Å². The highest BCUT2D eigenvalue weighted by Crippen LogP contribution is 2.13. The van der Waals surface area contributed by atoms with Gasteiger partial charge in [0.05, 0.1) is 5.60 Å². The van der Waals surface area contributed by atoms with Crippen molar-refractivity contribution in [1.29, 1.82) is 0 Å². The molecule has 134 valence electrons. The van der Waals surface area contributed by atoms with Crippen molar-refractivity contribution in [1.82, 2.24) is 5.32 Å². The van der Waals surface area contributed by atoms with Gasteiger partial charge in [0.25, 0.3) is 0 Å². The number of aliphatic carboxylic acids is 1. The SMILES string of the molecule is Cc1ccc(CCC(=O)NC(CCOC(C)(C)C)C(=O)O)c(C)c1. The van der Waals surface area contributed by atoms with Crippen LogP contribution in [0.5, 0.6) is 0 Å². The topological polar surface area (TPSA) is 75.6 Å². The Morgan fingerprint density at radius 2 is 1.92 bits per heavy atom. The first-order valence-electron chi connectivity index (χ1n) is 8.31. The Morgan fingerprint density at radius 3 is 2.46 bits per heavy atom. The number of hydrogen-bond donors (Lipinski definition) is 2. The van der Waals surface area contributed by atoms with Crippen LogP contribution in [-0.4, -0.2) is 35.2 Å². The number of rotatable bonds is 8. The first kappa shape index (κ1) is 20.2. The molecule has 0 radical (unpaired) electrons. The van der Waals surface area contributed by atoms with E-state index >= 15 is 0 Å². The highest BCUT2D eigenvalue weighted by atomic mass is 16.5. The first-order valence-corrected chi connectivity index (χ1v) is 8.31. The molecule has 5 heteroatoms. The van der Waals surface area contributed by atoms with Crippen molar-refractivity contribution < 1.29 is 19.4 Å². The van der Waals surface area contributed by atoms with Crippen molar-refractivity contribution in [2.75, 3.05) is 6.61 Å². The van der Waals surface area contributed by atoms with Crippen LogP contribution in [0, 0.1) is 13.8 Å². The van der Waals surface area contributed by atoms with Crippen molar-refractivity contribution in [3.05, 3.63) is 34.9 Å². The largest absolute Gasteiger partial charge is 0.480 e. The third-order valence-electron chi connectivity index (χ3n) is 3.69. The molecule has 0 aliphatic rings. The van der Waals surface area contributed by atoms with E-state index in [0.29, 0.717) is 6.42 Å². The fraction of sp³-hybridized carbons (Fsp3) is 0.579. The molecule has 0 fully saturated rings. The standard InChI is InChI=1S/C19H29NO4/c1-13-6-7-15(14(2)12-13)8-9-17(21)20-16(18(22)23)10-11-24-19(3,4)5/h6-7,12,16H,8-11H2,1-5H3,(H,20,21)(H,22,23). The van der Waals surface area contributed by atoms with E-state index in [-0.39, 0.29) is 31.0 Å². The molecular formula is C19H29NO4. The van der Waals surface area contributed by atoms with Crippen molar-refractivity contribution in [2.45, 2.75) is 65.5 Å². The van der Waals surface area contributed by atoms with Gasteiger partial charge in [-0.25, -0.2) is 4.79 Å². The Hall–Kier alpha value is -1.88. The molecule has 0 saturated heterocycles. The second-order valence-corrected chi connectivity index (χ2v) is 7.14. The van der Waals surface area contributed by atoms with Crippen LogP contribution in [0.4, 0.5) is 0 Å². The number of nitrogens with one attached hydrogen (secondary N) is 1. The summed E-state index contributed by atoms with van der Waals surface area (Å²) in [6.45, 7) is 10.1. The summed E-state index contributed by atoms with van der Waals surface area (Å²) in [7, 11) is 0. The highest BCUT2D eigenvalue weighted by molar-refractivity contribution is 5.83. The lowest BCUT2D eigenvalue weighted by Gasteiger charge is -2.21. The van der Waals surface area contributed by atoms with Crippen LogP contribution in [0.15, 0.2) is 18.2 Å². The molecule has 1 unspecified atom stereocenters. The quantitative estimate of drug-likeness (QED) is 0.766. The average molecular weight is 335 g/mol. The summed E-state index contributed by atoms with van der Waals surface area (Å²) in [6.07, 6.45) is 1.12. The van der Waals surface area contributed by atoms with Gasteiger partial charge in [-0.05, 0) is 52.2 Å². The Balaban J connectivity index is 2.49. The number of benzene rings is 1. The van der Waals surface area contributed by atoms with Crippen LogP contribution < -0.4 is 5.32 Å². The molecule has 1 aromatic rings. The van der Waals surface area contributed by atoms with E-state index in [9.17, 15) is 14.7 Å². The minimum atomic E-state index is -1.03. The maximum atomic E-state index is 12.1. The van der Waals surface area contributed by atoms with Crippen LogP contribution in [0.3, 0.4) is 0 Å². The van der Waals surface area contributed by atoms with E-state index < -0.39 is 12.0 Å². The van der Waals surface area contributed by atoms with Gasteiger partial charge < -0.3 is 15.2 Å². The van der Waals surface area contributed by atoms with Gasteiger partial charge >= 0.3 is 5.97 Å². The second kappa shape index (κ2) is 8.83. The predicted molar refractivity (Wildman–Crippen MR) is 94.1 cm³/mol. The molecule has 0 saturated carbocycles. The molecule has 0 heterocycles. The Bertz CT molecular complexity index is 575. The average Bonchev–Trinajstić information content (AvgIpc) is 2.43. The summed E-state index contributed by atoms with van der Waals surface area (Å²) in [6, 6.07) is 5.20. The monoisotopic (exact) mass is 335 g/mol. The fourth-order valence-electron chi connectivity index (χ4n) is 2.38. The normalized spacial score (nSPS) is 12.7. The molecule has 24 heavy (non-hydrogen) atoms. The number of carboxylic acids is 1. The molecule has 0 bridgehead atoms. The van der Waals surface area contributed by atoms with Gasteiger partial charge in [-0.15, -0.1) is 0 Å². The Kier molecular flexibility index (Phi) is 7.42. The minimum absolute atomic E-state index is 0.252. The van der Waals surface area contributed by atoms with Crippen LogP contribution in [0.1, 0.15) is 50.3 Å². The number of amides is 1. The summed E-state index contributed by atoms with van der Waals surface area (Å²) in [5, 5.41) is 11.8. The molecule has 5 nitrogen and oxygen atoms in total. The van der Waals surface area contributed by atoms with E-state index in [1.807, 2.05) is 46.8 Å². The second-order valence-electron chi connectivity index (χ2n) is 7.14. The van der Waals surface area contributed by atoms with Crippen molar-refractivity contribution in [3.8, 4) is 0 Å². The lowest BCUT2D eigenvalue weighted by molar-refractivity contribution is -0.142. The number of hydrogen-bond acceptors (Lipinski definition) is 3. The third kappa shape index (κ3) is 7.59. The molecular weight excluding hydrogens is 306 g/mol. The van der Waals surface area contributed by atoms with Crippen LogP contribution in [0.2, 0.25) is 0 Å². The number of carboxylic acid groups (broad SMARTS) is 1. The van der Waals surface area contributed by atoms with Gasteiger partial charge in [0, 0.05) is 19.4 Å². The maximum absolute atomic E-state index is 12.1. The summed E-state index contributed by atoms with van der Waals surface area (Å²) >= 11 is 0. The van der Waals surface area contributed by atoms with E-state index in [4.69, 9.17) is 4.74 Å². The molecule has 1 atom stereocenters. The van der Waals surface area contributed by atoms with Gasteiger partial charge in [-0.1, -0.05) is 23.8 Å². The maximum Gasteiger partial charge on any atom is 0.326 e. The zero-order valence-electron chi connectivity index (χ0n) is 15.3. The summed E-state index contributed by atoms with van der Waals surface area (Å²) in [4.78, 5) is 23.3. The lowest BCUT2D eigenvalue weighted by Crippen LogP contribution is -2.42. The van der Waals surface area contributed by atoms with E-state index in [0.717, 1.165) is 11.1 Å². The molecule has 0 aliphatic carbocycles. The van der Waals surface area contributed by atoms with Gasteiger partial charge in [0.1, 0.15) is 6.04 Å². The number of carbonyl (C=O) groups is 2. The van der Waals surface area contributed by atoms with Crippen molar-refractivity contribution in [3.63, 3.8) is 0 Å². The van der Waals surface area contributed by atoms with Gasteiger partial charge in [0.2, 0.25) is 5.91 Å². The van der Waals surface area contributed by atoms with Crippen LogP contribution in [0.25, 0.3) is 0 Å². The van der Waals surface area contributed by atoms with Crippen LogP contribution >= 0.6 is 0 Å².